The number of Topliss-reactive ketones (excluding diaryl/α,β-unsaturated/α-hetero) is 1. The van der Waals surface area contributed by atoms with Crippen molar-refractivity contribution in [1.82, 2.24) is 0 Å². The summed E-state index contributed by atoms with van der Waals surface area (Å²) >= 11 is 6.78. The third-order valence-electron chi connectivity index (χ3n) is 4.78. The predicted octanol–water partition coefficient (Wildman–Crippen LogP) is 5.84. The number of anilines is 1. The Morgan fingerprint density at radius 2 is 1.34 bits per heavy atom. The van der Waals surface area contributed by atoms with Crippen LogP contribution in [-0.2, 0) is 9.59 Å². The number of nitrogens with zero attached hydrogens (tertiary/aromatic N) is 1. The number of aliphatic hydroxyl groups excluding tert-OH is 1. The van der Waals surface area contributed by atoms with E-state index in [9.17, 15) is 14.7 Å². The molecule has 144 valence electrons. The zero-order chi connectivity index (χ0) is 20.5. The molecule has 0 bridgehead atoms. The fraction of sp³-hybridized carbons (Fsp3) is 0.0435. The van der Waals surface area contributed by atoms with Crippen molar-refractivity contribution in [2.75, 3.05) is 4.90 Å². The number of hydrogen-bond acceptors (Lipinski definition) is 3. The maximum atomic E-state index is 13.0. The molecule has 0 aromatic heterocycles. The molecule has 3 aromatic carbocycles. The monoisotopic (exact) mass is 511 g/mol. The maximum Gasteiger partial charge on any atom is 0.300 e. The first kappa shape index (κ1) is 19.6. The molecule has 0 saturated carbocycles. The number of carbonyl (C=O) groups excluding carboxylic acids is 2. The Morgan fingerprint density at radius 1 is 0.793 bits per heavy atom. The van der Waals surface area contributed by atoms with Gasteiger partial charge >= 0.3 is 0 Å². The van der Waals surface area contributed by atoms with E-state index in [1.807, 2.05) is 42.5 Å². The van der Waals surface area contributed by atoms with Crippen molar-refractivity contribution >= 4 is 55.0 Å². The van der Waals surface area contributed by atoms with Gasteiger partial charge in [-0.1, -0.05) is 74.3 Å². The summed E-state index contributed by atoms with van der Waals surface area (Å²) in [5.41, 5.74) is 1.87. The fourth-order valence-electron chi connectivity index (χ4n) is 3.41. The van der Waals surface area contributed by atoms with Crippen molar-refractivity contribution < 1.29 is 14.7 Å². The highest BCUT2D eigenvalue weighted by Gasteiger charge is 2.46. The van der Waals surface area contributed by atoms with Crippen LogP contribution in [0.5, 0.6) is 0 Å². The van der Waals surface area contributed by atoms with E-state index in [0.717, 1.165) is 14.5 Å². The Balaban J connectivity index is 1.94. The molecule has 0 aliphatic carbocycles. The predicted molar refractivity (Wildman–Crippen MR) is 120 cm³/mol. The number of aliphatic hydroxyl groups is 1. The first-order valence-corrected chi connectivity index (χ1v) is 10.4. The lowest BCUT2D eigenvalue weighted by Gasteiger charge is -2.25. The van der Waals surface area contributed by atoms with Crippen molar-refractivity contribution in [2.24, 2.45) is 0 Å². The Bertz CT molecular complexity index is 1110. The molecular formula is C23H15Br2NO3. The van der Waals surface area contributed by atoms with Crippen LogP contribution < -0.4 is 4.90 Å². The SMILES string of the molecule is O=C1C(=O)N(c2ccccc2)C(c2ccc(Br)cc2)/C1=C(/O)c1ccc(Br)cc1. The van der Waals surface area contributed by atoms with Crippen molar-refractivity contribution in [2.45, 2.75) is 6.04 Å². The van der Waals surface area contributed by atoms with Gasteiger partial charge in [0.25, 0.3) is 11.7 Å². The van der Waals surface area contributed by atoms with Gasteiger partial charge in [-0.15, -0.1) is 0 Å². The largest absolute Gasteiger partial charge is 0.507 e. The molecule has 1 heterocycles. The van der Waals surface area contributed by atoms with Crippen LogP contribution in [0.3, 0.4) is 0 Å². The lowest BCUT2D eigenvalue weighted by Crippen LogP contribution is -2.29. The van der Waals surface area contributed by atoms with Crippen LogP contribution in [0.2, 0.25) is 0 Å². The van der Waals surface area contributed by atoms with E-state index in [1.165, 1.54) is 4.90 Å². The number of rotatable bonds is 3. The third kappa shape index (κ3) is 3.66. The standard InChI is InChI=1S/C23H15Br2NO3/c24-16-10-6-14(7-11-16)20-19(21(27)15-8-12-17(25)13-9-15)22(28)23(29)26(20)18-4-2-1-3-5-18/h1-13,20,27H/b21-19-. The summed E-state index contributed by atoms with van der Waals surface area (Å²) < 4.78 is 1.73. The van der Waals surface area contributed by atoms with Crippen LogP contribution >= 0.6 is 31.9 Å². The molecule has 4 nitrogen and oxygen atoms in total. The summed E-state index contributed by atoms with van der Waals surface area (Å²) in [6.45, 7) is 0. The zero-order valence-electron chi connectivity index (χ0n) is 15.0. The molecule has 3 aromatic rings. The molecule has 29 heavy (non-hydrogen) atoms. The van der Waals surface area contributed by atoms with Crippen molar-refractivity contribution in [3.63, 3.8) is 0 Å². The Hall–Kier alpha value is -2.70. The minimum absolute atomic E-state index is 0.0727. The zero-order valence-corrected chi connectivity index (χ0v) is 18.2. The molecule has 1 aliphatic rings. The molecular weight excluding hydrogens is 498 g/mol. The second-order valence-electron chi connectivity index (χ2n) is 6.56. The number of benzene rings is 3. The molecule has 1 fully saturated rings. The van der Waals surface area contributed by atoms with E-state index in [4.69, 9.17) is 0 Å². The number of halogens is 2. The van der Waals surface area contributed by atoms with Crippen LogP contribution in [0.4, 0.5) is 5.69 Å². The van der Waals surface area contributed by atoms with Gasteiger partial charge in [-0.05, 0) is 42.0 Å². The molecule has 1 N–H and O–H groups in total. The number of hydrogen-bond donors (Lipinski definition) is 1. The summed E-state index contributed by atoms with van der Waals surface area (Å²) in [4.78, 5) is 27.4. The second kappa shape index (κ2) is 7.97. The molecule has 0 radical (unpaired) electrons. The average molecular weight is 513 g/mol. The Labute approximate surface area is 184 Å². The highest BCUT2D eigenvalue weighted by atomic mass is 79.9. The number of ketones is 1. The van der Waals surface area contributed by atoms with E-state index < -0.39 is 17.7 Å². The van der Waals surface area contributed by atoms with Crippen LogP contribution in [0.25, 0.3) is 5.76 Å². The van der Waals surface area contributed by atoms with E-state index in [-0.39, 0.29) is 11.3 Å². The third-order valence-corrected chi connectivity index (χ3v) is 5.84. The molecule has 1 amide bonds. The van der Waals surface area contributed by atoms with Gasteiger partial charge in [0.15, 0.2) is 0 Å². The normalized spacial score (nSPS) is 18.3. The lowest BCUT2D eigenvalue weighted by atomic mass is 9.95. The summed E-state index contributed by atoms with van der Waals surface area (Å²) in [6, 6.07) is 22.6. The van der Waals surface area contributed by atoms with E-state index >= 15 is 0 Å². The van der Waals surface area contributed by atoms with E-state index in [0.29, 0.717) is 11.3 Å². The average Bonchev–Trinajstić information content (AvgIpc) is 3.00. The smallest absolute Gasteiger partial charge is 0.300 e. The highest BCUT2D eigenvalue weighted by molar-refractivity contribution is 9.10. The Kier molecular flexibility index (Phi) is 5.39. The van der Waals surface area contributed by atoms with Gasteiger partial charge in [0.1, 0.15) is 5.76 Å². The molecule has 1 saturated heterocycles. The summed E-state index contributed by atoms with van der Waals surface area (Å²) in [5, 5.41) is 11.0. The molecule has 1 unspecified atom stereocenters. The summed E-state index contributed by atoms with van der Waals surface area (Å²) in [5.74, 6) is -1.56. The quantitative estimate of drug-likeness (QED) is 0.272. The molecule has 4 rings (SSSR count). The fourth-order valence-corrected chi connectivity index (χ4v) is 3.94. The van der Waals surface area contributed by atoms with Crippen LogP contribution in [-0.4, -0.2) is 16.8 Å². The number of amides is 1. The van der Waals surface area contributed by atoms with Gasteiger partial charge in [-0.25, -0.2) is 0 Å². The first-order valence-electron chi connectivity index (χ1n) is 8.85. The molecule has 1 atom stereocenters. The van der Waals surface area contributed by atoms with Crippen molar-refractivity contribution in [3.8, 4) is 0 Å². The van der Waals surface area contributed by atoms with Gasteiger partial charge in [0.05, 0.1) is 11.6 Å². The van der Waals surface area contributed by atoms with Gasteiger partial charge in [0, 0.05) is 20.2 Å². The van der Waals surface area contributed by atoms with Gasteiger partial charge in [-0.3, -0.25) is 14.5 Å². The minimum atomic E-state index is -0.728. The maximum absolute atomic E-state index is 13.0. The van der Waals surface area contributed by atoms with E-state index in [1.54, 1.807) is 36.4 Å². The van der Waals surface area contributed by atoms with Crippen LogP contribution in [0.1, 0.15) is 17.2 Å². The lowest BCUT2D eigenvalue weighted by molar-refractivity contribution is -0.132. The number of para-hydroxylation sites is 1. The topological polar surface area (TPSA) is 57.6 Å². The second-order valence-corrected chi connectivity index (χ2v) is 8.39. The van der Waals surface area contributed by atoms with Gasteiger partial charge in [0.2, 0.25) is 0 Å². The minimum Gasteiger partial charge on any atom is -0.507 e. The van der Waals surface area contributed by atoms with Gasteiger partial charge < -0.3 is 5.11 Å². The highest BCUT2D eigenvalue weighted by Crippen LogP contribution is 2.42. The van der Waals surface area contributed by atoms with Crippen molar-refractivity contribution in [1.29, 1.82) is 0 Å². The summed E-state index contributed by atoms with van der Waals surface area (Å²) in [6.07, 6.45) is 0. The van der Waals surface area contributed by atoms with Crippen LogP contribution in [0, 0.1) is 0 Å². The Morgan fingerprint density at radius 3 is 1.93 bits per heavy atom. The van der Waals surface area contributed by atoms with Gasteiger partial charge in [-0.2, -0.15) is 0 Å². The van der Waals surface area contributed by atoms with E-state index in [2.05, 4.69) is 31.9 Å². The number of carbonyl (C=O) groups is 2. The summed E-state index contributed by atoms with van der Waals surface area (Å²) in [7, 11) is 0. The molecule has 1 aliphatic heterocycles. The molecule has 6 heteroatoms. The molecule has 0 spiro atoms. The van der Waals surface area contributed by atoms with Crippen LogP contribution in [0.15, 0.2) is 93.4 Å². The van der Waals surface area contributed by atoms with Crippen molar-refractivity contribution in [3.05, 3.63) is 105 Å². The first-order chi connectivity index (χ1) is 14.0.